The van der Waals surface area contributed by atoms with Crippen LogP contribution in [0.2, 0.25) is 0 Å². The smallest absolute Gasteiger partial charge is 0.143 e. The number of ether oxygens (including phenoxy) is 1. The van der Waals surface area contributed by atoms with E-state index in [0.717, 1.165) is 31.4 Å². The van der Waals surface area contributed by atoms with Gasteiger partial charge in [-0.3, -0.25) is 0 Å². The summed E-state index contributed by atoms with van der Waals surface area (Å²) < 4.78 is 5.31. The summed E-state index contributed by atoms with van der Waals surface area (Å²) in [5.74, 6) is 0.716. The van der Waals surface area contributed by atoms with Crippen molar-refractivity contribution in [3.8, 4) is 11.8 Å². The first kappa shape index (κ1) is 12.7. The van der Waals surface area contributed by atoms with E-state index >= 15 is 0 Å². The second kappa shape index (κ2) is 5.74. The molecule has 1 aliphatic rings. The summed E-state index contributed by atoms with van der Waals surface area (Å²) in [4.78, 5) is 0. The number of methoxy groups -OCH3 is 1. The normalized spacial score (nSPS) is 23.2. The van der Waals surface area contributed by atoms with Gasteiger partial charge in [0, 0.05) is 12.1 Å². The topological polar surface area (TPSA) is 71.1 Å². The highest BCUT2D eigenvalue weighted by atomic mass is 16.5. The second-order valence-electron chi connectivity index (χ2n) is 4.76. The molecule has 18 heavy (non-hydrogen) atoms. The maximum Gasteiger partial charge on any atom is 0.143 e. The number of rotatable bonds is 3. The molecule has 1 aromatic rings. The lowest BCUT2D eigenvalue weighted by Crippen LogP contribution is -2.35. The molecule has 1 aromatic carbocycles. The Bertz CT molecular complexity index is 453. The molecule has 4 heteroatoms. The van der Waals surface area contributed by atoms with Gasteiger partial charge in [0.1, 0.15) is 11.8 Å². The van der Waals surface area contributed by atoms with Gasteiger partial charge in [0.15, 0.2) is 0 Å². The van der Waals surface area contributed by atoms with Gasteiger partial charge in [-0.1, -0.05) is 6.07 Å². The molecule has 0 saturated heterocycles. The van der Waals surface area contributed by atoms with Gasteiger partial charge in [-0.15, -0.1) is 0 Å². The van der Waals surface area contributed by atoms with Crippen LogP contribution < -0.4 is 15.8 Å². The van der Waals surface area contributed by atoms with Crippen molar-refractivity contribution in [2.45, 2.75) is 37.8 Å². The number of benzene rings is 1. The molecule has 2 rings (SSSR count). The molecular formula is C14H19N3O. The highest BCUT2D eigenvalue weighted by molar-refractivity contribution is 5.66. The minimum absolute atomic E-state index is 0.261. The number of nitrogens with one attached hydrogen (secondary N) is 1. The molecular weight excluding hydrogens is 226 g/mol. The van der Waals surface area contributed by atoms with E-state index in [1.807, 2.05) is 12.1 Å². The van der Waals surface area contributed by atoms with Crippen LogP contribution in [0.5, 0.6) is 5.75 Å². The van der Waals surface area contributed by atoms with Gasteiger partial charge < -0.3 is 15.8 Å². The van der Waals surface area contributed by atoms with Crippen LogP contribution in [0.25, 0.3) is 0 Å². The van der Waals surface area contributed by atoms with E-state index < -0.39 is 0 Å². The quantitative estimate of drug-likeness (QED) is 0.856. The predicted octanol–water partition coefficient (Wildman–Crippen LogP) is 2.25. The fourth-order valence-corrected chi connectivity index (χ4v) is 2.51. The first-order chi connectivity index (χ1) is 8.74. The maximum absolute atomic E-state index is 9.15. The van der Waals surface area contributed by atoms with Gasteiger partial charge in [-0.05, 0) is 37.8 Å². The van der Waals surface area contributed by atoms with Crippen LogP contribution in [-0.4, -0.2) is 19.2 Å². The molecule has 4 nitrogen and oxygen atoms in total. The van der Waals surface area contributed by atoms with Crippen molar-refractivity contribution in [1.29, 1.82) is 5.26 Å². The van der Waals surface area contributed by atoms with Crippen molar-refractivity contribution in [3.05, 3.63) is 23.8 Å². The van der Waals surface area contributed by atoms with E-state index in [0.29, 0.717) is 17.4 Å². The van der Waals surface area contributed by atoms with E-state index in [1.54, 1.807) is 13.2 Å². The minimum atomic E-state index is 0.261. The molecule has 96 valence electrons. The molecule has 1 fully saturated rings. The third kappa shape index (κ3) is 2.74. The van der Waals surface area contributed by atoms with Crippen molar-refractivity contribution in [2.24, 2.45) is 5.73 Å². The summed E-state index contributed by atoms with van der Waals surface area (Å²) in [6, 6.07) is 8.28. The standard InChI is InChI=1S/C14H19N3O/c1-18-13-7-2-4-10(9-15)14(13)17-12-6-3-5-11(16)8-12/h2,4,7,11-12,17H,3,5-6,8,16H2,1H3. The Balaban J connectivity index is 2.19. The number of hydrogen-bond acceptors (Lipinski definition) is 4. The number of para-hydroxylation sites is 1. The maximum atomic E-state index is 9.15. The lowest BCUT2D eigenvalue weighted by Gasteiger charge is -2.29. The Morgan fingerprint density at radius 3 is 2.94 bits per heavy atom. The van der Waals surface area contributed by atoms with E-state index in [1.165, 1.54) is 0 Å². The molecule has 0 heterocycles. The van der Waals surface area contributed by atoms with Gasteiger partial charge in [-0.2, -0.15) is 5.26 Å². The molecule has 1 aliphatic carbocycles. The van der Waals surface area contributed by atoms with Gasteiger partial charge in [0.25, 0.3) is 0 Å². The Kier molecular flexibility index (Phi) is 4.06. The lowest BCUT2D eigenvalue weighted by atomic mass is 9.91. The zero-order chi connectivity index (χ0) is 13.0. The SMILES string of the molecule is COc1cccc(C#N)c1NC1CCCC(N)C1. The summed E-state index contributed by atoms with van der Waals surface area (Å²) in [5.41, 5.74) is 7.40. The van der Waals surface area contributed by atoms with E-state index in [2.05, 4.69) is 11.4 Å². The highest BCUT2D eigenvalue weighted by Gasteiger charge is 2.21. The Labute approximate surface area is 108 Å². The van der Waals surface area contributed by atoms with Crippen LogP contribution in [-0.2, 0) is 0 Å². The largest absolute Gasteiger partial charge is 0.495 e. The van der Waals surface area contributed by atoms with Crippen molar-refractivity contribution >= 4 is 5.69 Å². The number of nitriles is 1. The molecule has 0 spiro atoms. The third-order valence-electron chi connectivity index (χ3n) is 3.43. The van der Waals surface area contributed by atoms with E-state index in [-0.39, 0.29) is 6.04 Å². The predicted molar refractivity (Wildman–Crippen MR) is 71.6 cm³/mol. The summed E-state index contributed by atoms with van der Waals surface area (Å²) in [6.45, 7) is 0. The van der Waals surface area contributed by atoms with Crippen LogP contribution >= 0.6 is 0 Å². The molecule has 0 aliphatic heterocycles. The Morgan fingerprint density at radius 1 is 1.44 bits per heavy atom. The van der Waals surface area contributed by atoms with E-state index in [4.69, 9.17) is 15.7 Å². The van der Waals surface area contributed by atoms with Gasteiger partial charge in [-0.25, -0.2) is 0 Å². The summed E-state index contributed by atoms with van der Waals surface area (Å²) in [5, 5.41) is 12.6. The number of anilines is 1. The number of nitrogens with zero attached hydrogens (tertiary/aromatic N) is 1. The fourth-order valence-electron chi connectivity index (χ4n) is 2.51. The molecule has 0 bridgehead atoms. The second-order valence-corrected chi connectivity index (χ2v) is 4.76. The van der Waals surface area contributed by atoms with Crippen molar-refractivity contribution in [2.75, 3.05) is 12.4 Å². The summed E-state index contributed by atoms with van der Waals surface area (Å²) in [7, 11) is 1.62. The first-order valence-corrected chi connectivity index (χ1v) is 6.33. The molecule has 3 N–H and O–H groups in total. The lowest BCUT2D eigenvalue weighted by molar-refractivity contribution is 0.400. The van der Waals surface area contributed by atoms with Crippen molar-refractivity contribution in [1.82, 2.24) is 0 Å². The monoisotopic (exact) mass is 245 g/mol. The van der Waals surface area contributed by atoms with Crippen molar-refractivity contribution in [3.63, 3.8) is 0 Å². The zero-order valence-electron chi connectivity index (χ0n) is 10.6. The number of hydrogen-bond donors (Lipinski definition) is 2. The van der Waals surface area contributed by atoms with Crippen LogP contribution in [0, 0.1) is 11.3 Å². The van der Waals surface area contributed by atoms with Gasteiger partial charge >= 0.3 is 0 Å². The summed E-state index contributed by atoms with van der Waals surface area (Å²) >= 11 is 0. The molecule has 2 unspecified atom stereocenters. The minimum Gasteiger partial charge on any atom is -0.495 e. The molecule has 0 amide bonds. The number of nitrogens with two attached hydrogens (primary N) is 1. The molecule has 1 saturated carbocycles. The highest BCUT2D eigenvalue weighted by Crippen LogP contribution is 2.31. The first-order valence-electron chi connectivity index (χ1n) is 6.33. The van der Waals surface area contributed by atoms with Crippen molar-refractivity contribution < 1.29 is 4.74 Å². The average molecular weight is 245 g/mol. The molecule has 2 atom stereocenters. The Morgan fingerprint density at radius 2 is 2.28 bits per heavy atom. The van der Waals surface area contributed by atoms with Crippen LogP contribution in [0.3, 0.4) is 0 Å². The summed E-state index contributed by atoms with van der Waals surface area (Å²) in [6.07, 6.45) is 4.27. The average Bonchev–Trinajstić information content (AvgIpc) is 2.39. The zero-order valence-corrected chi connectivity index (χ0v) is 10.6. The molecule has 0 radical (unpaired) electrons. The van der Waals surface area contributed by atoms with Crippen LogP contribution in [0.15, 0.2) is 18.2 Å². The fraction of sp³-hybridized carbons (Fsp3) is 0.500. The molecule has 0 aromatic heterocycles. The van der Waals surface area contributed by atoms with Crippen LogP contribution in [0.4, 0.5) is 5.69 Å². The van der Waals surface area contributed by atoms with E-state index in [9.17, 15) is 0 Å². The van der Waals surface area contributed by atoms with Gasteiger partial charge in [0.2, 0.25) is 0 Å². The van der Waals surface area contributed by atoms with Crippen LogP contribution in [0.1, 0.15) is 31.2 Å². The Hall–Kier alpha value is -1.73. The van der Waals surface area contributed by atoms with Gasteiger partial charge in [0.05, 0.1) is 18.4 Å². The third-order valence-corrected chi connectivity index (χ3v) is 3.43.